The van der Waals surface area contributed by atoms with E-state index in [2.05, 4.69) is 21.3 Å². The van der Waals surface area contributed by atoms with Gasteiger partial charge in [0.15, 0.2) is 5.75 Å². The minimum Gasteiger partial charge on any atom is -0.420 e. The molecule has 0 fully saturated rings. The fraction of sp³-hybridized carbons (Fsp3) is 0. The molecule has 4 nitrogen and oxygen atoms in total. The second-order valence-electron chi connectivity index (χ2n) is 1.81. The lowest BCUT2D eigenvalue weighted by molar-refractivity contribution is -0.129. The molecule has 0 N–H and O–H groups in total. The number of nitrogens with zero attached hydrogens (tertiary/aromatic N) is 2. The molecule has 0 aromatic carbocycles. The first-order chi connectivity index (χ1) is 5.72. The van der Waals surface area contributed by atoms with Crippen LogP contribution in [0.2, 0.25) is 5.28 Å². The Hall–Kier alpha value is -1.42. The van der Waals surface area contributed by atoms with Crippen molar-refractivity contribution in [2.75, 3.05) is 0 Å². The summed E-state index contributed by atoms with van der Waals surface area (Å²) in [5.41, 5.74) is 0. The second-order valence-corrected chi connectivity index (χ2v) is 2.15. The van der Waals surface area contributed by atoms with Crippen LogP contribution in [0.15, 0.2) is 25.0 Å². The van der Waals surface area contributed by atoms with E-state index >= 15 is 0 Å². The van der Waals surface area contributed by atoms with Gasteiger partial charge in [0.1, 0.15) is 0 Å². The standard InChI is InChI=1S/C7H5ClN2O2/c1-2-6(11)12-5-3-9-7(8)10-4-5/h2-4H,1H2. The van der Waals surface area contributed by atoms with Crippen LogP contribution in [-0.4, -0.2) is 15.9 Å². The van der Waals surface area contributed by atoms with Crippen LogP contribution >= 0.6 is 11.6 Å². The van der Waals surface area contributed by atoms with Gasteiger partial charge in [0.2, 0.25) is 5.28 Å². The number of hydrogen-bond acceptors (Lipinski definition) is 4. The zero-order valence-electron chi connectivity index (χ0n) is 6.03. The minimum absolute atomic E-state index is 0.105. The summed E-state index contributed by atoms with van der Waals surface area (Å²) >= 11 is 5.40. The van der Waals surface area contributed by atoms with Crippen LogP contribution in [0.5, 0.6) is 5.75 Å². The van der Waals surface area contributed by atoms with Crippen molar-refractivity contribution >= 4 is 17.6 Å². The molecule has 1 rings (SSSR count). The fourth-order valence-corrected chi connectivity index (χ4v) is 0.609. The molecule has 0 saturated heterocycles. The second kappa shape index (κ2) is 3.82. The molecule has 0 amide bonds. The highest BCUT2D eigenvalue weighted by Gasteiger charge is 1.99. The average Bonchev–Trinajstić information content (AvgIpc) is 2.09. The van der Waals surface area contributed by atoms with E-state index in [1.807, 2.05) is 0 Å². The number of rotatable bonds is 2. The smallest absolute Gasteiger partial charge is 0.335 e. The molecule has 0 saturated carbocycles. The molecular formula is C7H5ClN2O2. The van der Waals surface area contributed by atoms with Crippen LogP contribution in [0.4, 0.5) is 0 Å². The highest BCUT2D eigenvalue weighted by atomic mass is 35.5. The molecule has 0 unspecified atom stereocenters. The molecule has 0 aliphatic heterocycles. The van der Waals surface area contributed by atoms with Crippen LogP contribution in [-0.2, 0) is 4.79 Å². The van der Waals surface area contributed by atoms with Crippen molar-refractivity contribution in [3.63, 3.8) is 0 Å². The third kappa shape index (κ3) is 2.32. The van der Waals surface area contributed by atoms with Crippen LogP contribution in [0.25, 0.3) is 0 Å². The highest BCUT2D eigenvalue weighted by molar-refractivity contribution is 6.28. The summed E-state index contributed by atoms with van der Waals surface area (Å²) < 4.78 is 4.68. The number of aromatic nitrogens is 2. The van der Waals surface area contributed by atoms with Crippen molar-refractivity contribution < 1.29 is 9.53 Å². The molecule has 0 bridgehead atoms. The Kier molecular flexibility index (Phi) is 2.76. The van der Waals surface area contributed by atoms with E-state index in [0.29, 0.717) is 0 Å². The zero-order valence-corrected chi connectivity index (χ0v) is 6.78. The quantitative estimate of drug-likeness (QED) is 0.394. The Labute approximate surface area is 73.9 Å². The first kappa shape index (κ1) is 8.67. The Morgan fingerprint density at radius 2 is 2.17 bits per heavy atom. The van der Waals surface area contributed by atoms with Crippen molar-refractivity contribution in [2.45, 2.75) is 0 Å². The molecule has 12 heavy (non-hydrogen) atoms. The van der Waals surface area contributed by atoms with Crippen LogP contribution in [0.3, 0.4) is 0 Å². The topological polar surface area (TPSA) is 52.1 Å². The number of carbonyl (C=O) groups is 1. The van der Waals surface area contributed by atoms with Gasteiger partial charge >= 0.3 is 5.97 Å². The number of ether oxygens (including phenoxy) is 1. The molecule has 0 aliphatic rings. The van der Waals surface area contributed by atoms with Gasteiger partial charge in [0, 0.05) is 6.08 Å². The Bertz CT molecular complexity index is 297. The van der Waals surface area contributed by atoms with Gasteiger partial charge in [0.05, 0.1) is 12.4 Å². The maximum absolute atomic E-state index is 10.6. The summed E-state index contributed by atoms with van der Waals surface area (Å²) in [5.74, 6) is -0.315. The number of carbonyl (C=O) groups excluding carboxylic acids is 1. The van der Waals surface area contributed by atoms with Crippen LogP contribution in [0, 0.1) is 0 Å². The van der Waals surface area contributed by atoms with E-state index < -0.39 is 5.97 Å². The maximum atomic E-state index is 10.6. The number of halogens is 1. The van der Waals surface area contributed by atoms with Gasteiger partial charge < -0.3 is 4.74 Å². The van der Waals surface area contributed by atoms with E-state index in [9.17, 15) is 4.79 Å². The van der Waals surface area contributed by atoms with E-state index in [1.165, 1.54) is 12.4 Å². The van der Waals surface area contributed by atoms with E-state index in [1.54, 1.807) is 0 Å². The number of esters is 1. The lowest BCUT2D eigenvalue weighted by Gasteiger charge is -1.97. The summed E-state index contributed by atoms with van der Waals surface area (Å²) in [6.07, 6.45) is 3.65. The third-order valence-corrected chi connectivity index (χ3v) is 1.18. The Balaban J connectivity index is 2.71. The van der Waals surface area contributed by atoms with Crippen molar-refractivity contribution in [2.24, 2.45) is 0 Å². The molecule has 0 radical (unpaired) electrons. The molecule has 5 heteroatoms. The van der Waals surface area contributed by atoms with Gasteiger partial charge in [-0.25, -0.2) is 14.8 Å². The van der Waals surface area contributed by atoms with Gasteiger partial charge in [-0.05, 0) is 11.6 Å². The Morgan fingerprint density at radius 3 is 2.67 bits per heavy atom. The molecule has 0 spiro atoms. The molecule has 1 heterocycles. The normalized spacial score (nSPS) is 9.08. The first-order valence-electron chi connectivity index (χ1n) is 3.04. The lowest BCUT2D eigenvalue weighted by Crippen LogP contribution is -2.03. The van der Waals surface area contributed by atoms with Gasteiger partial charge in [-0.2, -0.15) is 0 Å². The van der Waals surface area contributed by atoms with Crippen molar-refractivity contribution in [3.05, 3.63) is 30.3 Å². The molecule has 1 aromatic heterocycles. The van der Waals surface area contributed by atoms with Crippen molar-refractivity contribution in [3.8, 4) is 5.75 Å². The summed E-state index contributed by atoms with van der Waals surface area (Å²) in [4.78, 5) is 17.9. The summed E-state index contributed by atoms with van der Waals surface area (Å²) in [7, 11) is 0. The minimum atomic E-state index is -0.555. The predicted octanol–water partition coefficient (Wildman–Crippen LogP) is 1.22. The third-order valence-electron chi connectivity index (χ3n) is 0.982. The first-order valence-corrected chi connectivity index (χ1v) is 3.42. The van der Waals surface area contributed by atoms with E-state index in [0.717, 1.165) is 6.08 Å². The summed E-state index contributed by atoms with van der Waals surface area (Å²) in [6, 6.07) is 0. The van der Waals surface area contributed by atoms with E-state index in [-0.39, 0.29) is 11.0 Å². The molecular weight excluding hydrogens is 180 g/mol. The highest BCUT2D eigenvalue weighted by Crippen LogP contribution is 2.08. The van der Waals surface area contributed by atoms with Crippen molar-refractivity contribution in [1.82, 2.24) is 9.97 Å². The predicted molar refractivity (Wildman–Crippen MR) is 42.9 cm³/mol. The number of hydrogen-bond donors (Lipinski definition) is 0. The molecule has 62 valence electrons. The van der Waals surface area contributed by atoms with Crippen LogP contribution < -0.4 is 4.74 Å². The van der Waals surface area contributed by atoms with Gasteiger partial charge in [-0.3, -0.25) is 0 Å². The maximum Gasteiger partial charge on any atom is 0.335 e. The van der Waals surface area contributed by atoms with Gasteiger partial charge in [-0.15, -0.1) is 0 Å². The largest absolute Gasteiger partial charge is 0.420 e. The molecule has 1 aromatic rings. The van der Waals surface area contributed by atoms with Crippen molar-refractivity contribution in [1.29, 1.82) is 0 Å². The van der Waals surface area contributed by atoms with Gasteiger partial charge in [0.25, 0.3) is 0 Å². The lowest BCUT2D eigenvalue weighted by atomic mass is 10.6. The average molecular weight is 185 g/mol. The van der Waals surface area contributed by atoms with Crippen LogP contribution in [0.1, 0.15) is 0 Å². The monoisotopic (exact) mass is 184 g/mol. The Morgan fingerprint density at radius 1 is 1.58 bits per heavy atom. The van der Waals surface area contributed by atoms with Gasteiger partial charge in [-0.1, -0.05) is 6.58 Å². The van der Waals surface area contributed by atoms with E-state index in [4.69, 9.17) is 11.6 Å². The fourth-order valence-electron chi connectivity index (χ4n) is 0.511. The summed E-state index contributed by atoms with van der Waals surface area (Å²) in [5, 5.41) is 0.105. The molecule has 0 aliphatic carbocycles. The zero-order chi connectivity index (χ0) is 8.97. The molecule has 0 atom stereocenters. The SMILES string of the molecule is C=CC(=O)Oc1cnc(Cl)nc1. The summed E-state index contributed by atoms with van der Waals surface area (Å²) in [6.45, 7) is 3.23.